The van der Waals surface area contributed by atoms with Crippen molar-refractivity contribution < 1.29 is 9.63 Å². The average molecular weight is 223 g/mol. The molecule has 0 aromatic heterocycles. The summed E-state index contributed by atoms with van der Waals surface area (Å²) in [5.74, 6) is -0.420. The van der Waals surface area contributed by atoms with Gasteiger partial charge in [0.05, 0.1) is 12.5 Å². The molecule has 5 heteroatoms. The molecule has 2 rings (SSSR count). The molecule has 0 radical (unpaired) electrons. The van der Waals surface area contributed by atoms with Gasteiger partial charge in [0.2, 0.25) is 0 Å². The van der Waals surface area contributed by atoms with Crippen LogP contribution in [0.25, 0.3) is 0 Å². The third kappa shape index (κ3) is 2.55. The second kappa shape index (κ2) is 6.17. The molecular formula is C11H17N3O2. The van der Waals surface area contributed by atoms with Gasteiger partial charge in [-0.25, -0.2) is 4.84 Å². The van der Waals surface area contributed by atoms with E-state index in [2.05, 4.69) is 10.3 Å². The van der Waals surface area contributed by atoms with Crippen molar-refractivity contribution in [1.82, 2.24) is 5.17 Å². The Kier molecular flexibility index (Phi) is 4.85. The largest absolute Gasteiger partial charge is 0.280 e. The maximum Gasteiger partial charge on any atom is 0.280 e. The molecule has 2 aliphatic rings. The lowest BCUT2D eigenvalue weighted by molar-refractivity contribution is -0.195. The van der Waals surface area contributed by atoms with Gasteiger partial charge in [-0.3, -0.25) is 4.79 Å². The lowest BCUT2D eigenvalue weighted by Gasteiger charge is -2.27. The number of carbonyl (C=O) groups excluding carboxylic acids is 1. The van der Waals surface area contributed by atoms with E-state index in [1.54, 1.807) is 6.92 Å². The summed E-state index contributed by atoms with van der Waals surface area (Å²) in [7, 11) is 0. The number of hydrogen-bond acceptors (Lipinski definition) is 4. The van der Waals surface area contributed by atoms with Crippen LogP contribution >= 0.6 is 0 Å². The predicted octanol–water partition coefficient (Wildman–Crippen LogP) is 2.28. The van der Waals surface area contributed by atoms with E-state index in [9.17, 15) is 4.79 Å². The number of amides is 1. The van der Waals surface area contributed by atoms with Gasteiger partial charge in [0, 0.05) is 0 Å². The van der Waals surface area contributed by atoms with Crippen molar-refractivity contribution in [2.24, 2.45) is 16.3 Å². The van der Waals surface area contributed by atoms with Crippen LogP contribution in [0.1, 0.15) is 20.8 Å². The second-order valence-electron chi connectivity index (χ2n) is 3.02. The van der Waals surface area contributed by atoms with Crippen LogP contribution in [-0.2, 0) is 9.63 Å². The molecule has 0 aromatic rings. The smallest absolute Gasteiger partial charge is 0.270 e. The zero-order valence-corrected chi connectivity index (χ0v) is 9.83. The fourth-order valence-corrected chi connectivity index (χ4v) is 1.42. The molecule has 0 fully saturated rings. The summed E-state index contributed by atoms with van der Waals surface area (Å²) >= 11 is 0. The summed E-state index contributed by atoms with van der Waals surface area (Å²) in [5.41, 5.74) is 0. The Morgan fingerprint density at radius 2 is 2.06 bits per heavy atom. The number of carbonyl (C=O) groups is 1. The van der Waals surface area contributed by atoms with Crippen LogP contribution in [0.3, 0.4) is 0 Å². The highest BCUT2D eigenvalue weighted by atomic mass is 16.7. The topological polar surface area (TPSA) is 54.3 Å². The van der Waals surface area contributed by atoms with Gasteiger partial charge in [-0.2, -0.15) is 5.11 Å². The monoisotopic (exact) mass is 223 g/mol. The van der Waals surface area contributed by atoms with Crippen molar-refractivity contribution in [2.75, 3.05) is 6.61 Å². The number of hydrogen-bond donors (Lipinski definition) is 0. The molecular weight excluding hydrogens is 206 g/mol. The molecule has 1 aliphatic carbocycles. The van der Waals surface area contributed by atoms with Gasteiger partial charge >= 0.3 is 0 Å². The summed E-state index contributed by atoms with van der Waals surface area (Å²) in [5, 5.41) is 8.62. The lowest BCUT2D eigenvalue weighted by atomic mass is 9.95. The van der Waals surface area contributed by atoms with Crippen molar-refractivity contribution in [3.8, 4) is 0 Å². The Bertz CT molecular complexity index is 323. The Hall–Kier alpha value is -1.49. The van der Waals surface area contributed by atoms with Crippen LogP contribution in [0.15, 0.2) is 34.6 Å². The van der Waals surface area contributed by atoms with Gasteiger partial charge in [0.25, 0.3) is 5.91 Å². The summed E-state index contributed by atoms with van der Waals surface area (Å²) in [6, 6.07) is -0.163. The first-order valence-electron chi connectivity index (χ1n) is 5.55. The molecule has 0 saturated heterocycles. The zero-order valence-electron chi connectivity index (χ0n) is 9.83. The van der Waals surface area contributed by atoms with Crippen LogP contribution in [-0.4, -0.2) is 23.7 Å². The molecule has 5 nitrogen and oxygen atoms in total. The minimum Gasteiger partial charge on any atom is -0.270 e. The molecule has 16 heavy (non-hydrogen) atoms. The summed E-state index contributed by atoms with van der Waals surface area (Å²) in [4.78, 5) is 16.7. The van der Waals surface area contributed by atoms with Crippen LogP contribution in [0.4, 0.5) is 0 Å². The molecule has 0 aromatic carbocycles. The molecule has 0 bridgehead atoms. The van der Waals surface area contributed by atoms with Crippen molar-refractivity contribution >= 4 is 5.91 Å². The SMILES string of the molecule is CC.CCON1N=NC2C=CC=CC2C1=O. The highest BCUT2D eigenvalue weighted by Gasteiger charge is 2.34. The number of hydroxylamine groups is 1. The quantitative estimate of drug-likeness (QED) is 0.721. The molecule has 0 spiro atoms. The number of allylic oxidation sites excluding steroid dienone is 2. The van der Waals surface area contributed by atoms with Gasteiger partial charge in [-0.05, 0) is 12.1 Å². The van der Waals surface area contributed by atoms with Crippen molar-refractivity contribution in [3.05, 3.63) is 24.3 Å². The van der Waals surface area contributed by atoms with Gasteiger partial charge < -0.3 is 0 Å². The number of nitrogens with zero attached hydrogens (tertiary/aromatic N) is 3. The summed E-state index contributed by atoms with van der Waals surface area (Å²) in [6.45, 7) is 6.20. The van der Waals surface area contributed by atoms with Crippen molar-refractivity contribution in [1.29, 1.82) is 0 Å². The van der Waals surface area contributed by atoms with E-state index in [1.807, 2.05) is 38.2 Å². The Balaban J connectivity index is 0.000000606. The third-order valence-electron chi connectivity index (χ3n) is 2.10. The Labute approximate surface area is 95.4 Å². The normalized spacial score (nSPS) is 26.2. The van der Waals surface area contributed by atoms with Crippen LogP contribution < -0.4 is 0 Å². The van der Waals surface area contributed by atoms with Gasteiger partial charge in [0.1, 0.15) is 6.04 Å². The van der Waals surface area contributed by atoms with E-state index in [0.29, 0.717) is 6.61 Å². The first-order chi connectivity index (χ1) is 7.83. The summed E-state index contributed by atoms with van der Waals surface area (Å²) in [6.07, 6.45) is 7.38. The first-order valence-corrected chi connectivity index (χ1v) is 5.55. The van der Waals surface area contributed by atoms with Crippen LogP contribution in [0, 0.1) is 5.92 Å². The van der Waals surface area contributed by atoms with Gasteiger partial charge in [-0.15, -0.1) is 0 Å². The zero-order chi connectivity index (χ0) is 12.0. The van der Waals surface area contributed by atoms with Gasteiger partial charge in [-0.1, -0.05) is 43.3 Å². The molecule has 0 saturated carbocycles. The molecule has 1 amide bonds. The van der Waals surface area contributed by atoms with E-state index in [0.717, 1.165) is 5.17 Å². The maximum absolute atomic E-state index is 11.7. The van der Waals surface area contributed by atoms with Crippen LogP contribution in [0.5, 0.6) is 0 Å². The third-order valence-corrected chi connectivity index (χ3v) is 2.10. The molecule has 88 valence electrons. The fraction of sp³-hybridized carbons (Fsp3) is 0.545. The van der Waals surface area contributed by atoms with E-state index in [1.165, 1.54) is 0 Å². The standard InChI is InChI=1S/C9H11N3O2.C2H6/c1-2-14-12-9(13)7-5-3-4-6-8(7)10-11-12;1-2/h3-8H,2H2,1H3;1-2H3. The minimum atomic E-state index is -0.260. The summed E-state index contributed by atoms with van der Waals surface area (Å²) < 4.78 is 0. The predicted molar refractivity (Wildman–Crippen MR) is 60.2 cm³/mol. The average Bonchev–Trinajstić information content (AvgIpc) is 2.36. The number of fused-ring (bicyclic) bond motifs is 1. The van der Waals surface area contributed by atoms with Crippen molar-refractivity contribution in [2.45, 2.75) is 26.8 Å². The lowest BCUT2D eigenvalue weighted by Crippen LogP contribution is -2.40. The van der Waals surface area contributed by atoms with Crippen LogP contribution in [0.2, 0.25) is 0 Å². The minimum absolute atomic E-state index is 0.160. The van der Waals surface area contributed by atoms with Gasteiger partial charge in [0.15, 0.2) is 0 Å². The fourth-order valence-electron chi connectivity index (χ4n) is 1.42. The van der Waals surface area contributed by atoms with E-state index >= 15 is 0 Å². The molecule has 1 heterocycles. The second-order valence-corrected chi connectivity index (χ2v) is 3.02. The first kappa shape index (κ1) is 12.6. The highest BCUT2D eigenvalue weighted by molar-refractivity contribution is 5.81. The maximum atomic E-state index is 11.7. The van der Waals surface area contributed by atoms with Crippen molar-refractivity contribution in [3.63, 3.8) is 0 Å². The van der Waals surface area contributed by atoms with E-state index in [-0.39, 0.29) is 17.9 Å². The molecule has 2 unspecified atom stereocenters. The molecule has 2 atom stereocenters. The number of rotatable bonds is 2. The molecule has 0 N–H and O–H groups in total. The Morgan fingerprint density at radius 1 is 1.38 bits per heavy atom. The van der Waals surface area contributed by atoms with E-state index < -0.39 is 0 Å². The Morgan fingerprint density at radius 3 is 2.75 bits per heavy atom. The van der Waals surface area contributed by atoms with E-state index in [4.69, 9.17) is 4.84 Å². The molecule has 1 aliphatic heterocycles. The highest BCUT2D eigenvalue weighted by Crippen LogP contribution is 2.23.